The van der Waals surface area contributed by atoms with Crippen LogP contribution in [0.4, 0.5) is 0 Å². The van der Waals surface area contributed by atoms with E-state index in [1.165, 1.54) is 6.92 Å². The van der Waals surface area contributed by atoms with Crippen LogP contribution in [0.2, 0.25) is 0 Å². The summed E-state index contributed by atoms with van der Waals surface area (Å²) in [7, 11) is 0. The highest BCUT2D eigenvalue weighted by atomic mass is 32.2. The van der Waals surface area contributed by atoms with E-state index in [9.17, 15) is 9.59 Å². The monoisotopic (exact) mass is 345 g/mol. The van der Waals surface area contributed by atoms with Crippen LogP contribution in [0.1, 0.15) is 49.3 Å². The maximum absolute atomic E-state index is 11.5. The van der Waals surface area contributed by atoms with E-state index in [4.69, 9.17) is 5.11 Å². The fraction of sp³-hybridized carbons (Fsp3) is 0.412. The smallest absolute Gasteiger partial charge is 0.313 e. The lowest BCUT2D eigenvalue weighted by Gasteiger charge is -2.11. The molecule has 1 aromatic carbocycles. The molecular weight excluding hydrogens is 326 g/mol. The van der Waals surface area contributed by atoms with Crippen molar-refractivity contribution in [3.05, 3.63) is 35.7 Å². The molecule has 1 fully saturated rings. The van der Waals surface area contributed by atoms with Crippen molar-refractivity contribution in [3.8, 4) is 5.69 Å². The van der Waals surface area contributed by atoms with Gasteiger partial charge in [0, 0.05) is 17.2 Å². The van der Waals surface area contributed by atoms with E-state index in [1.807, 2.05) is 16.7 Å². The normalized spacial score (nSPS) is 18.4. The van der Waals surface area contributed by atoms with Crippen LogP contribution in [0.25, 0.3) is 5.69 Å². The third kappa shape index (κ3) is 3.21. The molecule has 0 saturated heterocycles. The Balaban J connectivity index is 2.00. The zero-order valence-electron chi connectivity index (χ0n) is 13.8. The second kappa shape index (κ2) is 6.05. The number of nitrogens with zero attached hydrogens (tertiary/aromatic N) is 3. The lowest BCUT2D eigenvalue weighted by atomic mass is 10.1. The maximum Gasteiger partial charge on any atom is 0.313 e. The predicted molar refractivity (Wildman–Crippen MR) is 90.9 cm³/mol. The summed E-state index contributed by atoms with van der Waals surface area (Å²) in [6.45, 7) is 5.89. The van der Waals surface area contributed by atoms with Gasteiger partial charge in [0.25, 0.3) is 0 Å². The Labute approximate surface area is 144 Å². The Hall–Kier alpha value is -2.15. The Morgan fingerprint density at radius 2 is 1.92 bits per heavy atom. The minimum absolute atomic E-state index is 0.00864. The second-order valence-electron chi connectivity index (χ2n) is 6.71. The number of ketones is 1. The van der Waals surface area contributed by atoms with E-state index in [-0.39, 0.29) is 17.0 Å². The fourth-order valence-corrected chi connectivity index (χ4v) is 3.40. The topological polar surface area (TPSA) is 85.1 Å². The summed E-state index contributed by atoms with van der Waals surface area (Å²) in [6, 6.07) is 7.24. The van der Waals surface area contributed by atoms with Crippen LogP contribution in [0.5, 0.6) is 0 Å². The molecule has 6 nitrogen and oxygen atoms in total. The number of hydrogen-bond donors (Lipinski definition) is 1. The molecule has 0 amide bonds. The van der Waals surface area contributed by atoms with Crippen LogP contribution < -0.4 is 0 Å². The molecule has 0 bridgehead atoms. The van der Waals surface area contributed by atoms with Gasteiger partial charge >= 0.3 is 5.97 Å². The molecular formula is C17H19N3O3S. The van der Waals surface area contributed by atoms with Crippen molar-refractivity contribution in [3.63, 3.8) is 0 Å². The van der Waals surface area contributed by atoms with Gasteiger partial charge in [-0.1, -0.05) is 25.6 Å². The first kappa shape index (κ1) is 16.7. The Morgan fingerprint density at radius 1 is 1.29 bits per heavy atom. The average molecular weight is 345 g/mol. The summed E-state index contributed by atoms with van der Waals surface area (Å²) in [5.74, 6) is 0.196. The summed E-state index contributed by atoms with van der Waals surface area (Å²) in [4.78, 5) is 22.3. The van der Waals surface area contributed by atoms with E-state index >= 15 is 0 Å². The molecule has 0 spiro atoms. The highest BCUT2D eigenvalue weighted by Crippen LogP contribution is 2.58. The summed E-state index contributed by atoms with van der Waals surface area (Å²) < 4.78 is 1.91. The fourth-order valence-electron chi connectivity index (χ4n) is 2.72. The van der Waals surface area contributed by atoms with Crippen molar-refractivity contribution in [1.82, 2.24) is 14.8 Å². The van der Waals surface area contributed by atoms with Gasteiger partial charge in [-0.25, -0.2) is 0 Å². The van der Waals surface area contributed by atoms with Gasteiger partial charge in [-0.05, 0) is 43.0 Å². The number of aliphatic carboxylic acids is 1. The molecule has 7 heteroatoms. The van der Waals surface area contributed by atoms with E-state index in [1.54, 1.807) is 12.1 Å². The Kier molecular flexibility index (Phi) is 4.21. The van der Waals surface area contributed by atoms with Gasteiger partial charge in [0.15, 0.2) is 10.9 Å². The van der Waals surface area contributed by atoms with Crippen molar-refractivity contribution in [2.24, 2.45) is 5.41 Å². The molecule has 3 rings (SSSR count). The highest BCUT2D eigenvalue weighted by Gasteiger charge is 2.50. The molecule has 1 heterocycles. The largest absolute Gasteiger partial charge is 0.481 e. The third-order valence-corrected chi connectivity index (χ3v) is 5.25. The van der Waals surface area contributed by atoms with Gasteiger partial charge in [0.1, 0.15) is 5.82 Å². The van der Waals surface area contributed by atoms with Crippen LogP contribution in [0.15, 0.2) is 29.4 Å². The van der Waals surface area contributed by atoms with Gasteiger partial charge in [-0.2, -0.15) is 0 Å². The minimum atomic E-state index is -0.894. The number of carbonyl (C=O) groups excluding carboxylic acids is 1. The van der Waals surface area contributed by atoms with Crippen LogP contribution in [0, 0.1) is 5.41 Å². The van der Waals surface area contributed by atoms with Crippen molar-refractivity contribution in [2.45, 2.75) is 38.3 Å². The summed E-state index contributed by atoms with van der Waals surface area (Å²) in [5, 5.41) is 18.0. The first-order chi connectivity index (χ1) is 11.3. The number of carboxylic acids is 1. The minimum Gasteiger partial charge on any atom is -0.481 e. The lowest BCUT2D eigenvalue weighted by molar-refractivity contribution is -0.133. The van der Waals surface area contributed by atoms with E-state index in [0.29, 0.717) is 16.6 Å². The number of Topliss-reactive ketones (excluding diaryl/α,β-unsaturated/α-hetero) is 1. The van der Waals surface area contributed by atoms with Crippen LogP contribution in [-0.2, 0) is 4.79 Å². The first-order valence-corrected chi connectivity index (χ1v) is 8.69. The van der Waals surface area contributed by atoms with Crippen LogP contribution in [-0.4, -0.2) is 37.4 Å². The molecule has 126 valence electrons. The number of thioether (sulfide) groups is 1. The molecule has 2 aromatic rings. The van der Waals surface area contributed by atoms with Crippen molar-refractivity contribution in [2.75, 3.05) is 5.75 Å². The molecule has 1 aromatic heterocycles. The maximum atomic E-state index is 11.5. The standard InChI is InChI=1S/C17H19N3O3S/c1-10(21)11-4-6-12(7-5-11)20-15(13-8-17(13,2)3)18-19-16(20)24-9-14(22)23/h4-7,13H,8-9H2,1-3H3,(H,22,23)/t13-/m0/s1. The first-order valence-electron chi connectivity index (χ1n) is 7.71. The molecule has 1 saturated carbocycles. The molecule has 1 aliphatic carbocycles. The zero-order chi connectivity index (χ0) is 17.5. The highest BCUT2D eigenvalue weighted by molar-refractivity contribution is 7.99. The molecule has 0 unspecified atom stereocenters. The van der Waals surface area contributed by atoms with Gasteiger partial charge in [-0.3, -0.25) is 14.2 Å². The molecule has 0 aliphatic heterocycles. The number of aromatic nitrogens is 3. The molecule has 1 N–H and O–H groups in total. The number of benzene rings is 1. The van der Waals surface area contributed by atoms with Gasteiger partial charge in [0.2, 0.25) is 0 Å². The van der Waals surface area contributed by atoms with Crippen LogP contribution >= 0.6 is 11.8 Å². The molecule has 0 radical (unpaired) electrons. The Morgan fingerprint density at radius 3 is 2.42 bits per heavy atom. The van der Waals surface area contributed by atoms with Crippen molar-refractivity contribution < 1.29 is 14.7 Å². The number of rotatable bonds is 6. The van der Waals surface area contributed by atoms with Crippen molar-refractivity contribution >= 4 is 23.5 Å². The van der Waals surface area contributed by atoms with Gasteiger partial charge in [0.05, 0.1) is 5.75 Å². The second-order valence-corrected chi connectivity index (χ2v) is 7.65. The summed E-state index contributed by atoms with van der Waals surface area (Å²) in [5.41, 5.74) is 1.66. The van der Waals surface area contributed by atoms with Gasteiger partial charge < -0.3 is 5.11 Å². The van der Waals surface area contributed by atoms with Crippen molar-refractivity contribution in [1.29, 1.82) is 0 Å². The molecule has 1 aliphatic rings. The SMILES string of the molecule is CC(=O)c1ccc(-n2c(SCC(=O)O)nnc2[C@@H]2CC2(C)C)cc1. The number of hydrogen-bond acceptors (Lipinski definition) is 5. The summed E-state index contributed by atoms with van der Waals surface area (Å²) >= 11 is 1.15. The quantitative estimate of drug-likeness (QED) is 0.639. The molecule has 24 heavy (non-hydrogen) atoms. The zero-order valence-corrected chi connectivity index (χ0v) is 14.6. The number of carbonyl (C=O) groups is 2. The molecule has 1 atom stereocenters. The Bertz CT molecular complexity index is 796. The lowest BCUT2D eigenvalue weighted by Crippen LogP contribution is -2.06. The number of carboxylic acid groups (broad SMARTS) is 1. The van der Waals surface area contributed by atoms with E-state index in [0.717, 1.165) is 29.7 Å². The summed E-state index contributed by atoms with van der Waals surface area (Å²) in [6.07, 6.45) is 1.03. The predicted octanol–water partition coefficient (Wildman–Crippen LogP) is 3.16. The van der Waals surface area contributed by atoms with E-state index < -0.39 is 5.97 Å². The van der Waals surface area contributed by atoms with E-state index in [2.05, 4.69) is 24.0 Å². The average Bonchev–Trinajstić information content (AvgIpc) is 2.97. The van der Waals surface area contributed by atoms with Gasteiger partial charge in [-0.15, -0.1) is 10.2 Å². The third-order valence-electron chi connectivity index (χ3n) is 4.34. The van der Waals surface area contributed by atoms with Crippen LogP contribution in [0.3, 0.4) is 0 Å².